The fourth-order valence-corrected chi connectivity index (χ4v) is 3.58. The minimum absolute atomic E-state index is 0.707. The van der Waals surface area contributed by atoms with Crippen molar-refractivity contribution in [3.63, 3.8) is 0 Å². The van der Waals surface area contributed by atoms with E-state index in [0.717, 1.165) is 13.1 Å². The van der Waals surface area contributed by atoms with Crippen molar-refractivity contribution in [2.24, 2.45) is 0 Å². The zero-order valence-electron chi connectivity index (χ0n) is 10.1. The molecule has 2 aliphatic heterocycles. The maximum Gasteiger partial charge on any atom is 0.0510 e. The third-order valence-corrected chi connectivity index (χ3v) is 4.59. The largest absolute Gasteiger partial charge is 0.371 e. The van der Waals surface area contributed by atoms with Crippen LogP contribution in [0.1, 0.15) is 30.7 Å². The van der Waals surface area contributed by atoms with Crippen molar-refractivity contribution in [2.75, 3.05) is 31.1 Å². The molecule has 2 fully saturated rings. The molecule has 17 heavy (non-hydrogen) atoms. The van der Waals surface area contributed by atoms with E-state index < -0.39 is 0 Å². The molecule has 0 aromatic heterocycles. The van der Waals surface area contributed by atoms with Crippen molar-refractivity contribution in [1.29, 1.82) is 0 Å². The zero-order chi connectivity index (χ0) is 11.7. The van der Waals surface area contributed by atoms with E-state index >= 15 is 0 Å². The number of benzene rings is 1. The molecule has 0 spiro atoms. The molecule has 3 rings (SSSR count). The third kappa shape index (κ3) is 2.36. The summed E-state index contributed by atoms with van der Waals surface area (Å²) in [6.07, 6.45) is 3.94. The van der Waals surface area contributed by atoms with E-state index in [1.54, 1.807) is 0 Å². The van der Waals surface area contributed by atoms with E-state index in [2.05, 4.69) is 44.3 Å². The highest BCUT2D eigenvalue weighted by Crippen LogP contribution is 2.33. The molecule has 2 nitrogen and oxygen atoms in total. The standard InChI is InChI=1S/C14H19BrN2/c15-13-9-11(12-5-6-16-10-12)3-4-14(13)17-7-1-2-8-17/h3-4,9,12,16H,1-2,5-8,10H2. The second kappa shape index (κ2) is 4.99. The van der Waals surface area contributed by atoms with Gasteiger partial charge in [0.25, 0.3) is 0 Å². The second-order valence-electron chi connectivity index (χ2n) is 5.09. The monoisotopic (exact) mass is 294 g/mol. The summed E-state index contributed by atoms with van der Waals surface area (Å²) in [5.41, 5.74) is 2.85. The average Bonchev–Trinajstić information content (AvgIpc) is 3.02. The van der Waals surface area contributed by atoms with E-state index in [1.807, 2.05) is 0 Å². The third-order valence-electron chi connectivity index (χ3n) is 3.95. The van der Waals surface area contributed by atoms with Gasteiger partial charge >= 0.3 is 0 Å². The Kier molecular flexibility index (Phi) is 3.39. The molecule has 1 unspecified atom stereocenters. The van der Waals surface area contributed by atoms with Gasteiger partial charge in [-0.05, 0) is 65.4 Å². The van der Waals surface area contributed by atoms with Gasteiger partial charge in [0.2, 0.25) is 0 Å². The van der Waals surface area contributed by atoms with Crippen LogP contribution in [0.4, 0.5) is 5.69 Å². The van der Waals surface area contributed by atoms with Crippen LogP contribution in [0.5, 0.6) is 0 Å². The van der Waals surface area contributed by atoms with Crippen LogP contribution in [0.2, 0.25) is 0 Å². The second-order valence-corrected chi connectivity index (χ2v) is 5.95. The molecule has 1 aromatic carbocycles. The van der Waals surface area contributed by atoms with Crippen LogP contribution in [0.25, 0.3) is 0 Å². The summed E-state index contributed by atoms with van der Waals surface area (Å²) in [5.74, 6) is 0.707. The Hall–Kier alpha value is -0.540. The molecule has 0 saturated carbocycles. The number of nitrogens with zero attached hydrogens (tertiary/aromatic N) is 1. The first-order valence-corrected chi connectivity index (χ1v) is 7.39. The molecular weight excluding hydrogens is 276 g/mol. The lowest BCUT2D eigenvalue weighted by molar-refractivity contribution is 0.762. The van der Waals surface area contributed by atoms with E-state index in [1.165, 1.54) is 48.1 Å². The average molecular weight is 295 g/mol. The van der Waals surface area contributed by atoms with Crippen molar-refractivity contribution in [3.05, 3.63) is 28.2 Å². The molecule has 2 saturated heterocycles. The van der Waals surface area contributed by atoms with Gasteiger partial charge in [-0.25, -0.2) is 0 Å². The highest BCUT2D eigenvalue weighted by Gasteiger charge is 2.19. The van der Waals surface area contributed by atoms with Gasteiger partial charge in [0, 0.05) is 24.1 Å². The highest BCUT2D eigenvalue weighted by atomic mass is 79.9. The molecule has 2 heterocycles. The number of rotatable bonds is 2. The summed E-state index contributed by atoms with van der Waals surface area (Å²) < 4.78 is 1.27. The molecular formula is C14H19BrN2. The molecule has 1 aromatic rings. The predicted molar refractivity (Wildman–Crippen MR) is 75.8 cm³/mol. The summed E-state index contributed by atoms with van der Waals surface area (Å²) in [6, 6.07) is 6.93. The maximum atomic E-state index is 3.74. The first-order chi connectivity index (χ1) is 8.34. The van der Waals surface area contributed by atoms with E-state index in [0.29, 0.717) is 5.92 Å². The van der Waals surface area contributed by atoms with E-state index in [-0.39, 0.29) is 0 Å². The SMILES string of the molecule is Brc1cc(C2CCNC2)ccc1N1CCCC1. The van der Waals surface area contributed by atoms with Crippen LogP contribution in [-0.2, 0) is 0 Å². The fraction of sp³-hybridized carbons (Fsp3) is 0.571. The zero-order valence-corrected chi connectivity index (χ0v) is 11.7. The van der Waals surface area contributed by atoms with Crippen molar-refractivity contribution in [2.45, 2.75) is 25.2 Å². The number of anilines is 1. The first kappa shape index (κ1) is 11.5. The summed E-state index contributed by atoms with van der Waals surface area (Å²) in [7, 11) is 0. The Morgan fingerprint density at radius 3 is 2.71 bits per heavy atom. The molecule has 92 valence electrons. The van der Waals surface area contributed by atoms with Crippen LogP contribution in [0.15, 0.2) is 22.7 Å². The molecule has 0 aliphatic carbocycles. The molecule has 0 amide bonds. The lowest BCUT2D eigenvalue weighted by atomic mass is 9.98. The lowest BCUT2D eigenvalue weighted by Crippen LogP contribution is -2.18. The summed E-state index contributed by atoms with van der Waals surface area (Å²) >= 11 is 3.74. The van der Waals surface area contributed by atoms with Crippen molar-refractivity contribution in [1.82, 2.24) is 5.32 Å². The van der Waals surface area contributed by atoms with Gasteiger partial charge in [0.1, 0.15) is 0 Å². The summed E-state index contributed by atoms with van der Waals surface area (Å²) in [4.78, 5) is 2.49. The van der Waals surface area contributed by atoms with Gasteiger partial charge in [-0.2, -0.15) is 0 Å². The van der Waals surface area contributed by atoms with Gasteiger partial charge in [-0.15, -0.1) is 0 Å². The summed E-state index contributed by atoms with van der Waals surface area (Å²) in [6.45, 7) is 4.72. The van der Waals surface area contributed by atoms with Crippen molar-refractivity contribution in [3.8, 4) is 0 Å². The Bertz CT molecular complexity index is 393. The van der Waals surface area contributed by atoms with Crippen LogP contribution < -0.4 is 10.2 Å². The molecule has 0 radical (unpaired) electrons. The number of nitrogens with one attached hydrogen (secondary N) is 1. The minimum Gasteiger partial charge on any atom is -0.371 e. The number of hydrogen-bond donors (Lipinski definition) is 1. The first-order valence-electron chi connectivity index (χ1n) is 6.60. The molecule has 3 heteroatoms. The van der Waals surface area contributed by atoms with Crippen molar-refractivity contribution < 1.29 is 0 Å². The Morgan fingerprint density at radius 1 is 1.24 bits per heavy atom. The molecule has 1 atom stereocenters. The van der Waals surface area contributed by atoms with Crippen molar-refractivity contribution >= 4 is 21.6 Å². The molecule has 2 aliphatic rings. The summed E-state index contributed by atoms with van der Waals surface area (Å²) in [5, 5.41) is 3.43. The molecule has 0 bridgehead atoms. The predicted octanol–water partition coefficient (Wildman–Crippen LogP) is 3.13. The number of halogens is 1. The van der Waals surface area contributed by atoms with Gasteiger partial charge in [-0.3, -0.25) is 0 Å². The fourth-order valence-electron chi connectivity index (χ4n) is 2.93. The minimum atomic E-state index is 0.707. The Balaban J connectivity index is 1.82. The number of hydrogen-bond acceptors (Lipinski definition) is 2. The van der Waals surface area contributed by atoms with Gasteiger partial charge in [0.05, 0.1) is 5.69 Å². The topological polar surface area (TPSA) is 15.3 Å². The van der Waals surface area contributed by atoms with Crippen LogP contribution in [0.3, 0.4) is 0 Å². The van der Waals surface area contributed by atoms with Gasteiger partial charge in [-0.1, -0.05) is 6.07 Å². The maximum absolute atomic E-state index is 3.74. The highest BCUT2D eigenvalue weighted by molar-refractivity contribution is 9.10. The van der Waals surface area contributed by atoms with Gasteiger partial charge in [0.15, 0.2) is 0 Å². The Morgan fingerprint density at radius 2 is 2.06 bits per heavy atom. The van der Waals surface area contributed by atoms with Crippen LogP contribution in [0, 0.1) is 0 Å². The van der Waals surface area contributed by atoms with Gasteiger partial charge < -0.3 is 10.2 Å². The van der Waals surface area contributed by atoms with Crippen LogP contribution >= 0.6 is 15.9 Å². The van der Waals surface area contributed by atoms with E-state index in [4.69, 9.17) is 0 Å². The normalized spacial score (nSPS) is 24.5. The molecule has 1 N–H and O–H groups in total. The van der Waals surface area contributed by atoms with Crippen LogP contribution in [-0.4, -0.2) is 26.2 Å². The Labute approximate surface area is 112 Å². The smallest absolute Gasteiger partial charge is 0.0510 e. The lowest BCUT2D eigenvalue weighted by Gasteiger charge is -2.20. The quantitative estimate of drug-likeness (QED) is 0.902. The van der Waals surface area contributed by atoms with E-state index in [9.17, 15) is 0 Å².